The molecule has 0 spiro atoms. The molecule has 86 valence electrons. The van der Waals surface area contributed by atoms with E-state index in [9.17, 15) is 0 Å². The molecule has 3 nitrogen and oxygen atoms in total. The SMILES string of the molecule is CN1CCN(/N=C\c2cccc(Cl)c2)CC1. The first kappa shape index (κ1) is 11.4. The van der Waals surface area contributed by atoms with Gasteiger partial charge in [0.1, 0.15) is 0 Å². The van der Waals surface area contributed by atoms with Gasteiger partial charge in [0.25, 0.3) is 0 Å². The molecule has 1 fully saturated rings. The maximum absolute atomic E-state index is 5.90. The maximum Gasteiger partial charge on any atom is 0.0543 e. The van der Waals surface area contributed by atoms with Crippen LogP contribution in [0.2, 0.25) is 5.02 Å². The second kappa shape index (κ2) is 5.32. The van der Waals surface area contributed by atoms with E-state index in [2.05, 4.69) is 22.1 Å². The number of hydrogen-bond acceptors (Lipinski definition) is 3. The van der Waals surface area contributed by atoms with E-state index in [0.717, 1.165) is 36.8 Å². The Bertz CT molecular complexity index is 370. The lowest BCUT2D eigenvalue weighted by Crippen LogP contribution is -2.41. The Hall–Kier alpha value is -1.06. The van der Waals surface area contributed by atoms with E-state index in [1.807, 2.05) is 30.5 Å². The molecule has 0 atom stereocenters. The molecule has 2 rings (SSSR count). The van der Waals surface area contributed by atoms with E-state index in [1.165, 1.54) is 0 Å². The lowest BCUT2D eigenvalue weighted by Gasteiger charge is -2.30. The number of piperazine rings is 1. The summed E-state index contributed by atoms with van der Waals surface area (Å²) in [5, 5.41) is 7.30. The summed E-state index contributed by atoms with van der Waals surface area (Å²) < 4.78 is 0. The Kier molecular flexibility index (Phi) is 3.80. The number of halogens is 1. The highest BCUT2D eigenvalue weighted by molar-refractivity contribution is 6.30. The number of rotatable bonds is 2. The molecule has 1 aliphatic rings. The highest BCUT2D eigenvalue weighted by Crippen LogP contribution is 2.09. The highest BCUT2D eigenvalue weighted by Gasteiger charge is 2.10. The van der Waals surface area contributed by atoms with Crippen LogP contribution in [0, 0.1) is 0 Å². The Labute approximate surface area is 101 Å². The lowest BCUT2D eigenvalue weighted by molar-refractivity contribution is 0.159. The van der Waals surface area contributed by atoms with Crippen LogP contribution in [-0.2, 0) is 0 Å². The van der Waals surface area contributed by atoms with Gasteiger partial charge in [-0.2, -0.15) is 5.10 Å². The molecule has 1 aromatic rings. The van der Waals surface area contributed by atoms with Crippen molar-refractivity contribution in [3.63, 3.8) is 0 Å². The first-order valence-corrected chi connectivity index (χ1v) is 5.85. The van der Waals surface area contributed by atoms with Crippen molar-refractivity contribution in [3.8, 4) is 0 Å². The monoisotopic (exact) mass is 237 g/mol. The number of likely N-dealkylation sites (N-methyl/N-ethyl adjacent to an activating group) is 1. The maximum atomic E-state index is 5.90. The molecular weight excluding hydrogens is 222 g/mol. The second-order valence-corrected chi connectivity index (χ2v) is 4.49. The molecule has 0 bridgehead atoms. The predicted molar refractivity (Wildman–Crippen MR) is 68.1 cm³/mol. The molecule has 0 amide bonds. The van der Waals surface area contributed by atoms with Gasteiger partial charge in [0.05, 0.1) is 6.21 Å². The van der Waals surface area contributed by atoms with Gasteiger partial charge >= 0.3 is 0 Å². The van der Waals surface area contributed by atoms with Crippen LogP contribution >= 0.6 is 11.6 Å². The van der Waals surface area contributed by atoms with Gasteiger partial charge in [0.15, 0.2) is 0 Å². The van der Waals surface area contributed by atoms with E-state index in [0.29, 0.717) is 0 Å². The Morgan fingerprint density at radius 2 is 2.00 bits per heavy atom. The third kappa shape index (κ3) is 3.22. The molecule has 0 aliphatic carbocycles. The van der Waals surface area contributed by atoms with E-state index in [4.69, 9.17) is 11.6 Å². The average Bonchev–Trinajstić information content (AvgIpc) is 2.28. The fraction of sp³-hybridized carbons (Fsp3) is 0.417. The van der Waals surface area contributed by atoms with Crippen molar-refractivity contribution in [2.75, 3.05) is 33.2 Å². The van der Waals surface area contributed by atoms with Crippen LogP contribution in [0.15, 0.2) is 29.4 Å². The molecule has 0 aromatic heterocycles. The molecule has 0 saturated carbocycles. The van der Waals surface area contributed by atoms with Crippen LogP contribution in [0.5, 0.6) is 0 Å². The minimum absolute atomic E-state index is 0.752. The van der Waals surface area contributed by atoms with Crippen LogP contribution in [0.1, 0.15) is 5.56 Å². The van der Waals surface area contributed by atoms with Crippen LogP contribution in [0.4, 0.5) is 0 Å². The van der Waals surface area contributed by atoms with Crippen LogP contribution in [-0.4, -0.2) is 49.4 Å². The predicted octanol–water partition coefficient (Wildman–Crippen LogP) is 1.92. The summed E-state index contributed by atoms with van der Waals surface area (Å²) >= 11 is 5.90. The van der Waals surface area contributed by atoms with E-state index in [1.54, 1.807) is 0 Å². The van der Waals surface area contributed by atoms with Crippen molar-refractivity contribution in [1.29, 1.82) is 0 Å². The van der Waals surface area contributed by atoms with Crippen molar-refractivity contribution in [2.24, 2.45) is 5.10 Å². The summed E-state index contributed by atoms with van der Waals surface area (Å²) in [4.78, 5) is 2.31. The zero-order valence-electron chi connectivity index (χ0n) is 9.43. The molecule has 0 unspecified atom stereocenters. The van der Waals surface area contributed by atoms with Crippen LogP contribution in [0.25, 0.3) is 0 Å². The topological polar surface area (TPSA) is 18.8 Å². The van der Waals surface area contributed by atoms with Crippen molar-refractivity contribution in [2.45, 2.75) is 0 Å². The number of hydrazone groups is 1. The molecule has 1 saturated heterocycles. The first-order valence-electron chi connectivity index (χ1n) is 5.47. The number of hydrogen-bond donors (Lipinski definition) is 0. The molecule has 1 aromatic carbocycles. The minimum atomic E-state index is 0.752. The van der Waals surface area contributed by atoms with Gasteiger partial charge in [-0.3, -0.25) is 5.01 Å². The smallest absolute Gasteiger partial charge is 0.0543 e. The zero-order chi connectivity index (χ0) is 11.4. The summed E-state index contributed by atoms with van der Waals surface area (Å²) in [5.41, 5.74) is 1.05. The molecule has 0 radical (unpaired) electrons. The van der Waals surface area contributed by atoms with Gasteiger partial charge in [-0.25, -0.2) is 0 Å². The Morgan fingerprint density at radius 3 is 2.69 bits per heavy atom. The quantitative estimate of drug-likeness (QED) is 0.732. The van der Waals surface area contributed by atoms with E-state index in [-0.39, 0.29) is 0 Å². The highest BCUT2D eigenvalue weighted by atomic mass is 35.5. The molecule has 16 heavy (non-hydrogen) atoms. The summed E-state index contributed by atoms with van der Waals surface area (Å²) in [6.45, 7) is 4.14. The lowest BCUT2D eigenvalue weighted by atomic mass is 10.2. The standard InChI is InChI=1S/C12H16ClN3/c1-15-5-7-16(8-6-15)14-10-11-3-2-4-12(13)9-11/h2-4,9-10H,5-8H2,1H3/b14-10-. The Morgan fingerprint density at radius 1 is 1.25 bits per heavy atom. The Balaban J connectivity index is 1.94. The summed E-state index contributed by atoms with van der Waals surface area (Å²) in [6.07, 6.45) is 1.87. The van der Waals surface area contributed by atoms with Gasteiger partial charge in [-0.15, -0.1) is 0 Å². The molecule has 1 aliphatic heterocycles. The van der Waals surface area contributed by atoms with Gasteiger partial charge in [-0.05, 0) is 24.7 Å². The fourth-order valence-corrected chi connectivity index (χ4v) is 1.85. The van der Waals surface area contributed by atoms with E-state index >= 15 is 0 Å². The summed E-state index contributed by atoms with van der Waals surface area (Å²) in [6, 6.07) is 7.73. The normalized spacial score (nSPS) is 18.2. The van der Waals surface area contributed by atoms with E-state index < -0.39 is 0 Å². The van der Waals surface area contributed by atoms with Crippen molar-refractivity contribution >= 4 is 17.8 Å². The molecule has 0 N–H and O–H groups in total. The number of nitrogens with zero attached hydrogens (tertiary/aromatic N) is 3. The van der Waals surface area contributed by atoms with Gasteiger partial charge in [-0.1, -0.05) is 23.7 Å². The van der Waals surface area contributed by atoms with Gasteiger partial charge in [0.2, 0.25) is 0 Å². The summed E-state index contributed by atoms with van der Waals surface area (Å²) in [5.74, 6) is 0. The second-order valence-electron chi connectivity index (χ2n) is 4.06. The molecule has 4 heteroatoms. The average molecular weight is 238 g/mol. The van der Waals surface area contributed by atoms with Gasteiger partial charge in [0, 0.05) is 31.2 Å². The minimum Gasteiger partial charge on any atom is -0.303 e. The first-order chi connectivity index (χ1) is 7.74. The van der Waals surface area contributed by atoms with Crippen LogP contribution < -0.4 is 0 Å². The number of benzene rings is 1. The van der Waals surface area contributed by atoms with Crippen molar-refractivity contribution in [3.05, 3.63) is 34.9 Å². The zero-order valence-corrected chi connectivity index (χ0v) is 10.2. The third-order valence-corrected chi connectivity index (χ3v) is 2.93. The van der Waals surface area contributed by atoms with Gasteiger partial charge < -0.3 is 4.90 Å². The van der Waals surface area contributed by atoms with Crippen molar-refractivity contribution < 1.29 is 0 Å². The van der Waals surface area contributed by atoms with Crippen molar-refractivity contribution in [1.82, 2.24) is 9.91 Å². The molecular formula is C12H16ClN3. The molecule has 1 heterocycles. The summed E-state index contributed by atoms with van der Waals surface area (Å²) in [7, 11) is 2.14. The van der Waals surface area contributed by atoms with Crippen LogP contribution in [0.3, 0.4) is 0 Å². The largest absolute Gasteiger partial charge is 0.303 e. The third-order valence-electron chi connectivity index (χ3n) is 2.70. The fourth-order valence-electron chi connectivity index (χ4n) is 1.65.